The molecule has 2 heterocycles. The van der Waals surface area contributed by atoms with E-state index in [1.165, 1.54) is 12.1 Å². The summed E-state index contributed by atoms with van der Waals surface area (Å²) in [5.74, 6) is 0.776. The summed E-state index contributed by atoms with van der Waals surface area (Å²) < 4.78 is 1.77. The van der Waals surface area contributed by atoms with Crippen LogP contribution < -0.4 is 0 Å². The first-order valence-electron chi connectivity index (χ1n) is 5.01. The van der Waals surface area contributed by atoms with Gasteiger partial charge in [-0.1, -0.05) is 12.2 Å². The Morgan fingerprint density at radius 3 is 3.14 bits per heavy atom. The molecule has 1 aliphatic carbocycles. The molecule has 3 aliphatic rings. The number of carbonyl (C=O) groups is 1. The summed E-state index contributed by atoms with van der Waals surface area (Å²) in [5.41, 5.74) is 2.36. The van der Waals surface area contributed by atoms with Crippen LogP contribution in [0.5, 0.6) is 0 Å². The maximum Gasteiger partial charge on any atom is 0.242 e. The number of hydrogen-bond acceptors (Lipinski definition) is 2. The van der Waals surface area contributed by atoms with E-state index in [-0.39, 0.29) is 14.0 Å². The average molecular weight is 208 g/mol. The summed E-state index contributed by atoms with van der Waals surface area (Å²) in [6.07, 6.45) is 5.85. The van der Waals surface area contributed by atoms with Crippen LogP contribution in [0.4, 0.5) is 0 Å². The van der Waals surface area contributed by atoms with Gasteiger partial charge < -0.3 is 0 Å². The number of carbonyl (C=O) groups excluding carboxylic acids is 1. The van der Waals surface area contributed by atoms with Crippen molar-refractivity contribution >= 4 is 19.7 Å². The number of allylic oxidation sites excluding steroid dienone is 2. The van der Waals surface area contributed by atoms with Gasteiger partial charge in [-0.15, -0.1) is 0 Å². The summed E-state index contributed by atoms with van der Waals surface area (Å²) in [6, 6.07) is 0. The van der Waals surface area contributed by atoms with Crippen molar-refractivity contribution < 1.29 is 4.79 Å². The molecule has 3 rings (SSSR count). The third-order valence-electron chi connectivity index (χ3n) is 3.31. The highest BCUT2D eigenvalue weighted by molar-refractivity contribution is 7.59. The van der Waals surface area contributed by atoms with Crippen LogP contribution in [0, 0.1) is 5.92 Å². The molecule has 2 aliphatic heterocycles. The van der Waals surface area contributed by atoms with Gasteiger partial charge in [-0.2, -0.15) is 5.10 Å². The lowest BCUT2D eigenvalue weighted by molar-refractivity contribution is -0.124. The Kier molecular flexibility index (Phi) is 1.64. The van der Waals surface area contributed by atoms with Gasteiger partial charge in [0.2, 0.25) is 5.91 Å². The van der Waals surface area contributed by atoms with Gasteiger partial charge in [-0.25, -0.2) is 4.78 Å². The Bertz CT molecular complexity index is 363. The normalized spacial score (nSPS) is 43.0. The van der Waals surface area contributed by atoms with Crippen LogP contribution in [0.3, 0.4) is 0 Å². The molecule has 0 aromatic rings. The van der Waals surface area contributed by atoms with Gasteiger partial charge in [0.05, 0.1) is 0 Å². The fourth-order valence-corrected chi connectivity index (χ4v) is 6.07. The highest BCUT2D eigenvalue weighted by Gasteiger charge is 2.52. The van der Waals surface area contributed by atoms with E-state index in [9.17, 15) is 4.79 Å². The van der Waals surface area contributed by atoms with E-state index in [2.05, 4.69) is 24.2 Å². The summed E-state index contributed by atoms with van der Waals surface area (Å²) in [5, 5.41) is 4.40. The highest BCUT2D eigenvalue weighted by Crippen LogP contribution is 2.67. The van der Waals surface area contributed by atoms with Gasteiger partial charge in [0.15, 0.2) is 0 Å². The average Bonchev–Trinajstić information content (AvgIpc) is 2.75. The van der Waals surface area contributed by atoms with Crippen molar-refractivity contribution in [1.82, 2.24) is 4.78 Å². The zero-order valence-corrected chi connectivity index (χ0v) is 9.24. The number of fused-ring (bicyclic) bond motifs is 5. The Labute approximate surface area is 84.7 Å². The lowest BCUT2D eigenvalue weighted by Crippen LogP contribution is -2.21. The van der Waals surface area contributed by atoms with E-state index in [1.54, 1.807) is 11.7 Å². The molecule has 74 valence electrons. The minimum absolute atomic E-state index is 0.110. The van der Waals surface area contributed by atoms with Crippen LogP contribution >= 0.6 is 8.07 Å². The second kappa shape index (κ2) is 2.66. The molecule has 4 heteroatoms. The highest BCUT2D eigenvalue weighted by atomic mass is 31.1. The Morgan fingerprint density at radius 1 is 1.64 bits per heavy atom. The summed E-state index contributed by atoms with van der Waals surface area (Å²) in [7, 11) is -0.356. The van der Waals surface area contributed by atoms with Crippen molar-refractivity contribution in [3.8, 4) is 0 Å². The van der Waals surface area contributed by atoms with Gasteiger partial charge in [-0.3, -0.25) is 4.79 Å². The van der Waals surface area contributed by atoms with Crippen molar-refractivity contribution in [2.24, 2.45) is 11.0 Å². The Balaban J connectivity index is 2.00. The topological polar surface area (TPSA) is 32.7 Å². The lowest BCUT2D eigenvalue weighted by Gasteiger charge is -2.26. The van der Waals surface area contributed by atoms with Gasteiger partial charge in [-0.05, 0) is 19.3 Å². The third kappa shape index (κ3) is 0.912. The number of hydrazone groups is 1. The van der Waals surface area contributed by atoms with Crippen molar-refractivity contribution in [1.29, 1.82) is 0 Å². The van der Waals surface area contributed by atoms with Gasteiger partial charge in [0.1, 0.15) is 0 Å². The van der Waals surface area contributed by atoms with E-state index in [0.717, 1.165) is 0 Å². The Hall–Kier alpha value is -0.690. The van der Waals surface area contributed by atoms with Crippen LogP contribution in [-0.4, -0.2) is 27.7 Å². The maximum absolute atomic E-state index is 11.4. The van der Waals surface area contributed by atoms with E-state index >= 15 is 0 Å². The van der Waals surface area contributed by atoms with Crippen LogP contribution in [-0.2, 0) is 4.79 Å². The first-order valence-corrected chi connectivity index (χ1v) is 6.44. The molecule has 0 aromatic heterocycles. The second-order valence-electron chi connectivity index (χ2n) is 4.23. The molecule has 14 heavy (non-hydrogen) atoms. The van der Waals surface area contributed by atoms with E-state index < -0.39 is 0 Å². The number of amides is 1. The van der Waals surface area contributed by atoms with Crippen LogP contribution in [0.25, 0.3) is 0 Å². The summed E-state index contributed by atoms with van der Waals surface area (Å²) in [6.45, 7) is 3.69. The van der Waals surface area contributed by atoms with Crippen LogP contribution in [0.2, 0.25) is 0 Å². The molecular formula is C10H13N2OP. The SMILES string of the molecule is CC(=O)N1N=C(C)[C@H]2[C@H]3C=C[C@H](C3)[P@]21. The molecule has 0 saturated carbocycles. The lowest BCUT2D eigenvalue weighted by atomic mass is 10.0. The quantitative estimate of drug-likeness (QED) is 0.442. The summed E-state index contributed by atoms with van der Waals surface area (Å²) >= 11 is 0. The van der Waals surface area contributed by atoms with E-state index in [1.807, 2.05) is 0 Å². The Morgan fingerprint density at radius 2 is 2.43 bits per heavy atom. The number of hydrogen-bond donors (Lipinski definition) is 0. The second-order valence-corrected chi connectivity index (χ2v) is 6.59. The molecule has 0 unspecified atom stereocenters. The molecule has 4 atom stereocenters. The predicted molar refractivity (Wildman–Crippen MR) is 57.4 cm³/mol. The zero-order valence-electron chi connectivity index (χ0n) is 8.34. The minimum Gasteiger partial charge on any atom is -0.273 e. The molecule has 3 nitrogen and oxygen atoms in total. The molecule has 1 amide bonds. The zero-order chi connectivity index (χ0) is 9.87. The molecule has 1 fully saturated rings. The van der Waals surface area contributed by atoms with Crippen LogP contribution in [0.1, 0.15) is 20.3 Å². The predicted octanol–water partition coefficient (Wildman–Crippen LogP) is 1.95. The molecule has 0 radical (unpaired) electrons. The van der Waals surface area contributed by atoms with Crippen molar-refractivity contribution in [3.63, 3.8) is 0 Å². The standard InChI is InChI=1S/C10H13N2OP/c1-6-10-8-3-4-9(5-8)14(10)12(11-6)7(2)13/h3-4,8-10H,5H2,1-2H3/t8-,9+,10-,14+/m0/s1. The fraction of sp³-hybridized carbons (Fsp3) is 0.600. The van der Waals surface area contributed by atoms with Crippen molar-refractivity contribution in [2.75, 3.05) is 0 Å². The van der Waals surface area contributed by atoms with E-state index in [0.29, 0.717) is 17.2 Å². The largest absolute Gasteiger partial charge is 0.273 e. The first-order chi connectivity index (χ1) is 6.68. The van der Waals surface area contributed by atoms with E-state index in [4.69, 9.17) is 0 Å². The maximum atomic E-state index is 11.4. The fourth-order valence-electron chi connectivity index (χ4n) is 2.79. The monoisotopic (exact) mass is 208 g/mol. The molecule has 2 bridgehead atoms. The van der Waals surface area contributed by atoms with Crippen LogP contribution in [0.15, 0.2) is 17.3 Å². The molecular weight excluding hydrogens is 195 g/mol. The molecule has 0 aromatic carbocycles. The molecule has 1 saturated heterocycles. The first kappa shape index (κ1) is 8.60. The number of nitrogens with zero attached hydrogens (tertiary/aromatic N) is 2. The van der Waals surface area contributed by atoms with Gasteiger partial charge in [0, 0.05) is 32.0 Å². The molecule has 0 N–H and O–H groups in total. The minimum atomic E-state index is -0.356. The number of rotatable bonds is 0. The van der Waals surface area contributed by atoms with Gasteiger partial charge >= 0.3 is 0 Å². The van der Waals surface area contributed by atoms with Crippen molar-refractivity contribution in [3.05, 3.63) is 12.2 Å². The smallest absolute Gasteiger partial charge is 0.242 e. The summed E-state index contributed by atoms with van der Waals surface area (Å²) in [4.78, 5) is 11.4. The van der Waals surface area contributed by atoms with Gasteiger partial charge in [0.25, 0.3) is 0 Å². The third-order valence-corrected chi connectivity index (χ3v) is 6.50. The van der Waals surface area contributed by atoms with Crippen molar-refractivity contribution in [2.45, 2.75) is 31.6 Å². The molecule has 0 spiro atoms.